The first-order valence-corrected chi connectivity index (χ1v) is 7.67. The molecule has 12 nitrogen and oxygen atoms in total. The number of carbonyl (C=O) groups excluding carboxylic acids is 3. The molecule has 0 rings (SSSR count). The molecule has 0 aromatic carbocycles. The summed E-state index contributed by atoms with van der Waals surface area (Å²) in [6.45, 7) is -2.40. The second kappa shape index (κ2) is 11.6. The van der Waals surface area contributed by atoms with Crippen LogP contribution in [0.3, 0.4) is 0 Å². The van der Waals surface area contributed by atoms with E-state index >= 15 is 0 Å². The lowest BCUT2D eigenvalue weighted by molar-refractivity contribution is -0.143. The topological polar surface area (TPSA) is 211 Å². The van der Waals surface area contributed by atoms with Crippen LogP contribution in [0.4, 0.5) is 0 Å². The number of carboxylic acid groups (broad SMARTS) is 1. The van der Waals surface area contributed by atoms with E-state index < -0.39 is 67.7 Å². The number of thiol groups is 1. The number of aliphatic carboxylic acids is 1. The van der Waals surface area contributed by atoms with Gasteiger partial charge in [0.25, 0.3) is 0 Å². The van der Waals surface area contributed by atoms with Gasteiger partial charge in [-0.2, -0.15) is 12.6 Å². The Labute approximate surface area is 148 Å². The van der Waals surface area contributed by atoms with Crippen LogP contribution in [0.5, 0.6) is 0 Å². The highest BCUT2D eigenvalue weighted by atomic mass is 32.1. The molecule has 9 N–H and O–H groups in total. The van der Waals surface area contributed by atoms with Crippen LogP contribution in [0, 0.1) is 0 Å². The number of carboxylic acids is 1. The molecule has 0 heterocycles. The summed E-state index contributed by atoms with van der Waals surface area (Å²) in [6.07, 6.45) is 0. The number of hydrogen-bond donors (Lipinski definition) is 9. The maximum absolute atomic E-state index is 12.0. The minimum Gasteiger partial charge on any atom is -0.480 e. The fraction of sp³-hybridized carbons (Fsp3) is 0.667. The number of hydrogen-bond acceptors (Lipinski definition) is 9. The highest BCUT2D eigenvalue weighted by molar-refractivity contribution is 7.80. The average Bonchev–Trinajstić information content (AvgIpc) is 2.59. The van der Waals surface area contributed by atoms with Gasteiger partial charge in [0.15, 0.2) is 0 Å². The number of aliphatic hydroxyl groups is 3. The molecule has 144 valence electrons. The molecule has 13 heteroatoms. The van der Waals surface area contributed by atoms with E-state index in [-0.39, 0.29) is 5.75 Å². The second-order valence-corrected chi connectivity index (χ2v) is 5.22. The van der Waals surface area contributed by atoms with Gasteiger partial charge in [-0.25, -0.2) is 4.79 Å². The van der Waals surface area contributed by atoms with Crippen molar-refractivity contribution in [3.8, 4) is 0 Å². The number of nitrogens with one attached hydrogen (secondary N) is 3. The number of aliphatic hydroxyl groups excluding tert-OH is 3. The lowest BCUT2D eigenvalue weighted by atomic mass is 10.2. The van der Waals surface area contributed by atoms with Crippen molar-refractivity contribution in [1.29, 1.82) is 0 Å². The highest BCUT2D eigenvalue weighted by Gasteiger charge is 2.29. The fourth-order valence-corrected chi connectivity index (χ4v) is 1.74. The minimum atomic E-state index is -1.61. The number of rotatable bonds is 11. The maximum atomic E-state index is 12.0. The van der Waals surface area contributed by atoms with Crippen molar-refractivity contribution in [2.45, 2.75) is 24.2 Å². The first kappa shape index (κ1) is 23.1. The Morgan fingerprint density at radius 3 is 1.64 bits per heavy atom. The SMILES string of the molecule is NC(CO)C(=O)NC(CS)C(=O)NC(CO)C(=O)NC(CO)C(=O)O. The Morgan fingerprint density at radius 2 is 1.24 bits per heavy atom. The van der Waals surface area contributed by atoms with Crippen LogP contribution < -0.4 is 21.7 Å². The summed E-state index contributed by atoms with van der Waals surface area (Å²) in [6, 6.07) is -5.61. The van der Waals surface area contributed by atoms with Crippen molar-refractivity contribution in [1.82, 2.24) is 16.0 Å². The predicted octanol–water partition coefficient (Wildman–Crippen LogP) is -5.24. The molecular formula is C12H22N4O8S. The van der Waals surface area contributed by atoms with Crippen LogP contribution in [0.25, 0.3) is 0 Å². The number of amides is 3. The van der Waals surface area contributed by atoms with Crippen molar-refractivity contribution >= 4 is 36.3 Å². The van der Waals surface area contributed by atoms with Crippen LogP contribution in [0.2, 0.25) is 0 Å². The summed E-state index contributed by atoms with van der Waals surface area (Å²) in [7, 11) is 0. The summed E-state index contributed by atoms with van der Waals surface area (Å²) < 4.78 is 0. The molecule has 0 spiro atoms. The van der Waals surface area contributed by atoms with E-state index in [1.165, 1.54) is 0 Å². The van der Waals surface area contributed by atoms with Gasteiger partial charge in [0.1, 0.15) is 24.2 Å². The van der Waals surface area contributed by atoms with Gasteiger partial charge in [-0.1, -0.05) is 0 Å². The van der Waals surface area contributed by atoms with Gasteiger partial charge in [-0.3, -0.25) is 14.4 Å². The first-order chi connectivity index (χ1) is 11.7. The van der Waals surface area contributed by atoms with Gasteiger partial charge in [-0.15, -0.1) is 0 Å². The maximum Gasteiger partial charge on any atom is 0.328 e. The third-order valence-electron chi connectivity index (χ3n) is 2.96. The Kier molecular flexibility index (Phi) is 10.7. The van der Waals surface area contributed by atoms with E-state index in [4.69, 9.17) is 21.1 Å². The Bertz CT molecular complexity index is 492. The molecule has 0 aromatic heterocycles. The van der Waals surface area contributed by atoms with Crippen LogP contribution in [0.1, 0.15) is 0 Å². The zero-order chi connectivity index (χ0) is 19.6. The highest BCUT2D eigenvalue weighted by Crippen LogP contribution is 1.94. The van der Waals surface area contributed by atoms with Gasteiger partial charge < -0.3 is 42.1 Å². The van der Waals surface area contributed by atoms with Crippen LogP contribution in [0.15, 0.2) is 0 Å². The second-order valence-electron chi connectivity index (χ2n) is 4.86. The first-order valence-electron chi connectivity index (χ1n) is 7.04. The molecule has 0 bridgehead atoms. The van der Waals surface area contributed by atoms with Crippen molar-refractivity contribution in [2.24, 2.45) is 5.73 Å². The Morgan fingerprint density at radius 1 is 0.800 bits per heavy atom. The zero-order valence-corrected chi connectivity index (χ0v) is 14.0. The van der Waals surface area contributed by atoms with Gasteiger partial charge in [0.05, 0.1) is 19.8 Å². The number of nitrogens with two attached hydrogens (primary N) is 1. The predicted molar refractivity (Wildman–Crippen MR) is 86.5 cm³/mol. The standard InChI is InChI=1S/C12H22N4O8S/c13-5(1-17)9(20)16-8(4-25)11(22)14-6(2-18)10(21)15-7(3-19)12(23)24/h5-8,17-19,25H,1-4,13H2,(H,14,22)(H,15,21)(H,16,20)(H,23,24). The van der Waals surface area contributed by atoms with Gasteiger partial charge in [-0.05, 0) is 0 Å². The quantitative estimate of drug-likeness (QED) is 0.156. The molecule has 3 amide bonds. The van der Waals surface area contributed by atoms with E-state index in [1.54, 1.807) is 0 Å². The van der Waals surface area contributed by atoms with Crippen LogP contribution in [-0.4, -0.2) is 93.9 Å². The molecule has 0 aliphatic rings. The van der Waals surface area contributed by atoms with Crippen LogP contribution in [-0.2, 0) is 19.2 Å². The third-order valence-corrected chi connectivity index (χ3v) is 3.33. The van der Waals surface area contributed by atoms with Crippen molar-refractivity contribution in [3.05, 3.63) is 0 Å². The molecule has 4 unspecified atom stereocenters. The zero-order valence-electron chi connectivity index (χ0n) is 13.1. The number of carbonyl (C=O) groups is 4. The summed E-state index contributed by atoms with van der Waals surface area (Å²) >= 11 is 3.88. The molecule has 0 saturated heterocycles. The Balaban J connectivity index is 4.86. The van der Waals surface area contributed by atoms with E-state index in [1.807, 2.05) is 5.32 Å². The molecule has 0 saturated carbocycles. The summed E-state index contributed by atoms with van der Waals surface area (Å²) in [4.78, 5) is 46.2. The molecule has 4 atom stereocenters. The monoisotopic (exact) mass is 382 g/mol. The smallest absolute Gasteiger partial charge is 0.328 e. The molecule has 0 radical (unpaired) electrons. The van der Waals surface area contributed by atoms with Gasteiger partial charge >= 0.3 is 5.97 Å². The van der Waals surface area contributed by atoms with E-state index in [9.17, 15) is 24.3 Å². The largest absolute Gasteiger partial charge is 0.480 e. The van der Waals surface area contributed by atoms with E-state index in [0.29, 0.717) is 0 Å². The van der Waals surface area contributed by atoms with E-state index in [2.05, 4.69) is 23.3 Å². The molecule has 0 aromatic rings. The fourth-order valence-electron chi connectivity index (χ4n) is 1.48. The molecule has 0 fully saturated rings. The van der Waals surface area contributed by atoms with E-state index in [0.717, 1.165) is 0 Å². The molecule has 0 aliphatic carbocycles. The average molecular weight is 382 g/mol. The minimum absolute atomic E-state index is 0.177. The normalized spacial score (nSPS) is 15.4. The summed E-state index contributed by atoms with van der Waals surface area (Å²) in [5.74, 6) is -4.44. The lowest BCUT2D eigenvalue weighted by Crippen LogP contribution is -2.59. The van der Waals surface area contributed by atoms with Crippen molar-refractivity contribution in [2.75, 3.05) is 25.6 Å². The van der Waals surface area contributed by atoms with Crippen molar-refractivity contribution in [3.63, 3.8) is 0 Å². The summed E-state index contributed by atoms with van der Waals surface area (Å²) in [5, 5.41) is 41.8. The molecule has 0 aliphatic heterocycles. The summed E-state index contributed by atoms with van der Waals surface area (Å²) in [5.41, 5.74) is 5.29. The molecule has 25 heavy (non-hydrogen) atoms. The molecular weight excluding hydrogens is 360 g/mol. The Hall–Kier alpha value is -1.93. The van der Waals surface area contributed by atoms with Crippen molar-refractivity contribution < 1.29 is 39.6 Å². The van der Waals surface area contributed by atoms with Gasteiger partial charge in [0, 0.05) is 5.75 Å². The van der Waals surface area contributed by atoms with Crippen LogP contribution >= 0.6 is 12.6 Å². The van der Waals surface area contributed by atoms with Gasteiger partial charge in [0.2, 0.25) is 17.7 Å². The lowest BCUT2D eigenvalue weighted by Gasteiger charge is -2.22. The third kappa shape index (κ3) is 7.66.